The molecule has 2 atom stereocenters. The Hall–Kier alpha value is 0.528. The van der Waals surface area contributed by atoms with Crippen LogP contribution in [0.4, 0.5) is 0 Å². The SMILES string of the molecule is [CH3][Ra][CH2]CNC(=O)CCC(O)C(O)CCC(C)=O. The van der Waals surface area contributed by atoms with Crippen molar-refractivity contribution in [2.24, 2.45) is 0 Å². The summed E-state index contributed by atoms with van der Waals surface area (Å²) in [6.45, 7) is 2.20. The number of hydrogen-bond donors (Lipinski definition) is 3. The van der Waals surface area contributed by atoms with Gasteiger partial charge >= 0.3 is 132 Å². The maximum atomic E-state index is 11.4. The molecule has 0 radical (unpaired) electrons. The third-order valence-corrected chi connectivity index (χ3v) is 7.12. The summed E-state index contributed by atoms with van der Waals surface area (Å²) in [4.78, 5) is 22.1. The Balaban J connectivity index is 3.70. The second-order valence-corrected chi connectivity index (χ2v) is 11.6. The Kier molecular flexibility index (Phi) is 11.7. The molecular weight excluding hydrogens is 448 g/mol. The number of amides is 1. The zero-order chi connectivity index (χ0) is 14.0. The molecule has 0 aliphatic heterocycles. The van der Waals surface area contributed by atoms with Gasteiger partial charge in [0, 0.05) is 0 Å². The van der Waals surface area contributed by atoms with E-state index >= 15 is 0 Å². The average Bonchev–Trinajstić information content (AvgIpc) is 2.33. The number of hydrogen-bond acceptors (Lipinski definition) is 4. The monoisotopic (exact) mass is 471 g/mol. The molecule has 102 valence electrons. The fourth-order valence-corrected chi connectivity index (χ4v) is 3.69. The van der Waals surface area contributed by atoms with Crippen LogP contribution < -0.4 is 5.32 Å². The molecule has 0 rings (SSSR count). The van der Waals surface area contributed by atoms with E-state index in [4.69, 9.17) is 0 Å². The van der Waals surface area contributed by atoms with E-state index in [1.165, 1.54) is 8.39 Å². The van der Waals surface area contributed by atoms with Gasteiger partial charge in [-0.2, -0.15) is 0 Å². The Morgan fingerprint density at radius 3 is 2.22 bits per heavy atom. The van der Waals surface area contributed by atoms with Gasteiger partial charge in [-0.3, -0.25) is 0 Å². The van der Waals surface area contributed by atoms with Gasteiger partial charge in [-0.05, 0) is 0 Å². The van der Waals surface area contributed by atoms with Crippen molar-refractivity contribution < 1.29 is 60.4 Å². The molecule has 5 nitrogen and oxygen atoms in total. The van der Waals surface area contributed by atoms with E-state index in [0.29, 0.717) is 0 Å². The van der Waals surface area contributed by atoms with E-state index in [1.807, 2.05) is 0 Å². The first-order valence-corrected chi connectivity index (χ1v) is 16.5. The standard InChI is InChI=1S/C11H20NO4.CH3.Ra/c1-3-12-11(16)7-6-10(15)9(14)5-4-8(2)13;;/h9-10,14-15H,1,3-7H2,2H3,(H,12,16);1H3;. The van der Waals surface area contributed by atoms with Crippen molar-refractivity contribution in [2.75, 3.05) is 6.54 Å². The van der Waals surface area contributed by atoms with Gasteiger partial charge in [0.15, 0.2) is 0 Å². The van der Waals surface area contributed by atoms with E-state index in [0.717, 1.165) is 6.54 Å². The van der Waals surface area contributed by atoms with Gasteiger partial charge < -0.3 is 0 Å². The predicted molar refractivity (Wildman–Crippen MR) is 64.8 cm³/mol. The van der Waals surface area contributed by atoms with Gasteiger partial charge in [-0.25, -0.2) is 0 Å². The van der Waals surface area contributed by atoms with Crippen LogP contribution in [0.25, 0.3) is 0 Å². The molecule has 6 heteroatoms. The molecule has 0 aliphatic rings. The topological polar surface area (TPSA) is 86.6 Å². The van der Waals surface area contributed by atoms with Crippen LogP contribution in [0, 0.1) is 40.6 Å². The third kappa shape index (κ3) is 10.5. The molecular formula is C12H23NO4Ra. The number of ketones is 1. The first-order valence-electron chi connectivity index (χ1n) is 6.59. The normalized spacial score (nSPS) is 13.6. The van der Waals surface area contributed by atoms with Gasteiger partial charge in [0.2, 0.25) is 0 Å². The van der Waals surface area contributed by atoms with Crippen LogP contribution in [0.3, 0.4) is 0 Å². The van der Waals surface area contributed by atoms with Crippen LogP contribution in [0.2, 0.25) is 3.43 Å². The quantitative estimate of drug-likeness (QED) is 0.406. The van der Waals surface area contributed by atoms with Crippen LogP contribution in [-0.2, 0) is 9.59 Å². The maximum absolute atomic E-state index is 11.4. The summed E-state index contributed by atoms with van der Waals surface area (Å²) in [6, 6.07) is 0. The van der Waals surface area contributed by atoms with Crippen LogP contribution in [0.15, 0.2) is 0 Å². The number of aliphatic hydroxyl groups is 2. The van der Waals surface area contributed by atoms with E-state index in [-0.39, 0.29) is 37.4 Å². The molecule has 0 saturated heterocycles. The van der Waals surface area contributed by atoms with E-state index in [1.54, 1.807) is 0 Å². The first kappa shape index (κ1) is 18.5. The molecule has 18 heavy (non-hydrogen) atoms. The number of Topliss-reactive ketones (excluding diaryl/α,β-unsaturated/α-hetero) is 1. The number of carbonyl (C=O) groups is 2. The summed E-state index contributed by atoms with van der Waals surface area (Å²) in [6.07, 6.45) is -0.879. The number of rotatable bonds is 10. The Morgan fingerprint density at radius 1 is 1.17 bits per heavy atom. The van der Waals surface area contributed by atoms with Crippen molar-refractivity contribution in [1.82, 2.24) is 5.32 Å². The van der Waals surface area contributed by atoms with Gasteiger partial charge in [0.25, 0.3) is 0 Å². The van der Waals surface area contributed by atoms with Crippen LogP contribution >= 0.6 is 0 Å². The van der Waals surface area contributed by atoms with Crippen LogP contribution in [-0.4, -0.2) is 40.7 Å². The molecule has 0 saturated carbocycles. The molecule has 0 heterocycles. The summed E-state index contributed by atoms with van der Waals surface area (Å²) in [5.74, 6) is -0.0820. The zero-order valence-electron chi connectivity index (χ0n) is 11.3. The summed E-state index contributed by atoms with van der Waals surface area (Å²) in [7, 11) is 0. The molecule has 2 unspecified atom stereocenters. The Bertz CT molecular complexity index is 260. The summed E-state index contributed by atoms with van der Waals surface area (Å²) in [5, 5.41) is 22.0. The third-order valence-electron chi connectivity index (χ3n) is 2.76. The molecule has 0 aromatic carbocycles. The van der Waals surface area contributed by atoms with Crippen molar-refractivity contribution in [3.05, 3.63) is 0 Å². The van der Waals surface area contributed by atoms with E-state index in [9.17, 15) is 19.8 Å². The Labute approximate surface area is 131 Å². The minimum atomic E-state index is -0.929. The number of aliphatic hydroxyl groups excluding tert-OH is 2. The molecule has 3 N–H and O–H groups in total. The average molecular weight is 471 g/mol. The van der Waals surface area contributed by atoms with Crippen molar-refractivity contribution in [3.63, 3.8) is 0 Å². The fourth-order valence-electron chi connectivity index (χ4n) is 1.51. The van der Waals surface area contributed by atoms with E-state index < -0.39 is 52.8 Å². The molecule has 0 aromatic rings. The van der Waals surface area contributed by atoms with Crippen LogP contribution in [0.1, 0.15) is 32.6 Å². The second kappa shape index (κ2) is 11.4. The predicted octanol–water partition coefficient (Wildman–Crippen LogP) is 0.525. The van der Waals surface area contributed by atoms with Gasteiger partial charge in [0.1, 0.15) is 0 Å². The fraction of sp³-hybridized carbons (Fsp3) is 0.833. The molecule has 0 aliphatic carbocycles. The summed E-state index contributed by atoms with van der Waals surface area (Å²) in [5.41, 5.74) is 0. The Morgan fingerprint density at radius 2 is 1.72 bits per heavy atom. The zero-order valence-corrected chi connectivity index (χ0v) is 17.1. The number of carbonyl (C=O) groups excluding carboxylic acids is 2. The van der Waals surface area contributed by atoms with Crippen molar-refractivity contribution in [2.45, 2.75) is 48.2 Å². The summed E-state index contributed by atoms with van der Waals surface area (Å²) >= 11 is -0.703. The van der Waals surface area contributed by atoms with Crippen molar-refractivity contribution in [1.29, 1.82) is 0 Å². The van der Waals surface area contributed by atoms with Crippen molar-refractivity contribution in [3.8, 4) is 0 Å². The minimum absolute atomic E-state index is 0.00885. The molecule has 0 spiro atoms. The number of nitrogens with one attached hydrogen (secondary N) is 1. The molecule has 0 aromatic heterocycles. The molecule has 1 amide bonds. The summed E-state index contributed by atoms with van der Waals surface area (Å²) < 4.78 is 3.44. The van der Waals surface area contributed by atoms with Crippen LogP contribution in [0.5, 0.6) is 0 Å². The van der Waals surface area contributed by atoms with Gasteiger partial charge in [-0.1, -0.05) is 0 Å². The van der Waals surface area contributed by atoms with Gasteiger partial charge in [0.05, 0.1) is 0 Å². The first-order chi connectivity index (χ1) is 8.47. The molecule has 0 fully saturated rings. The second-order valence-electron chi connectivity index (χ2n) is 4.62. The van der Waals surface area contributed by atoms with E-state index in [2.05, 4.69) is 7.28 Å². The van der Waals surface area contributed by atoms with Crippen molar-refractivity contribution >= 4 is 11.7 Å². The molecule has 0 bridgehead atoms. The van der Waals surface area contributed by atoms with Gasteiger partial charge in [-0.15, -0.1) is 0 Å².